The zero-order chi connectivity index (χ0) is 17.4. The van der Waals surface area contributed by atoms with Crippen LogP contribution in [0.2, 0.25) is 0 Å². The number of hydrogen-bond donors (Lipinski definition) is 0. The van der Waals surface area contributed by atoms with Crippen molar-refractivity contribution in [1.82, 2.24) is 19.4 Å². The van der Waals surface area contributed by atoms with Crippen LogP contribution in [0.15, 0.2) is 12.4 Å². The summed E-state index contributed by atoms with van der Waals surface area (Å²) in [6, 6.07) is 0. The second kappa shape index (κ2) is 6.90. The topological polar surface area (TPSA) is 51.0 Å². The highest BCUT2D eigenvalue weighted by atomic mass is 32.1. The monoisotopic (exact) mass is 358 g/mol. The van der Waals surface area contributed by atoms with Gasteiger partial charge in [0, 0.05) is 37.9 Å². The molecule has 0 spiro atoms. The van der Waals surface area contributed by atoms with Crippen LogP contribution < -0.4 is 0 Å². The number of piperidine rings is 1. The molecule has 0 N–H and O–H groups in total. The number of amides is 1. The number of likely N-dealkylation sites (tertiary alicyclic amines) is 1. The molecule has 2 fully saturated rings. The first kappa shape index (κ1) is 16.8. The molecule has 2 aromatic heterocycles. The first-order valence-corrected chi connectivity index (χ1v) is 10.2. The van der Waals surface area contributed by atoms with Crippen molar-refractivity contribution in [2.45, 2.75) is 58.4 Å². The summed E-state index contributed by atoms with van der Waals surface area (Å²) < 4.78 is 2.34. The van der Waals surface area contributed by atoms with Gasteiger partial charge in [-0.2, -0.15) is 0 Å². The Balaban J connectivity index is 1.48. The summed E-state index contributed by atoms with van der Waals surface area (Å²) in [6.07, 6.45) is 10.3. The van der Waals surface area contributed by atoms with Crippen molar-refractivity contribution >= 4 is 17.2 Å². The summed E-state index contributed by atoms with van der Waals surface area (Å²) in [5.74, 6) is 2.48. The van der Waals surface area contributed by atoms with Gasteiger partial charge in [0.1, 0.15) is 10.7 Å². The van der Waals surface area contributed by atoms with Crippen molar-refractivity contribution in [2.24, 2.45) is 5.92 Å². The predicted molar refractivity (Wildman–Crippen MR) is 99.0 cm³/mol. The molecule has 3 heterocycles. The number of aryl methyl sites for hydroxylation is 2. The van der Waals surface area contributed by atoms with Crippen LogP contribution in [-0.2, 0) is 6.54 Å². The van der Waals surface area contributed by atoms with Crippen LogP contribution in [0.25, 0.3) is 0 Å². The zero-order valence-corrected chi connectivity index (χ0v) is 15.9. The average Bonchev–Trinajstić information content (AvgIpc) is 3.16. The van der Waals surface area contributed by atoms with Gasteiger partial charge in [0.15, 0.2) is 0 Å². The Hall–Kier alpha value is -1.69. The lowest BCUT2D eigenvalue weighted by atomic mass is 9.85. The van der Waals surface area contributed by atoms with E-state index in [0.29, 0.717) is 5.92 Å². The number of hydrogen-bond acceptors (Lipinski definition) is 4. The van der Waals surface area contributed by atoms with Crippen molar-refractivity contribution in [2.75, 3.05) is 13.1 Å². The molecule has 1 atom stereocenters. The highest BCUT2D eigenvalue weighted by Gasteiger charge is 2.30. The molecule has 1 amide bonds. The first-order valence-electron chi connectivity index (χ1n) is 9.36. The third-order valence-corrected chi connectivity index (χ3v) is 6.66. The van der Waals surface area contributed by atoms with Gasteiger partial charge in [0.2, 0.25) is 0 Å². The quantitative estimate of drug-likeness (QED) is 0.836. The number of carbonyl (C=O) groups is 1. The Kier molecular flexibility index (Phi) is 4.63. The van der Waals surface area contributed by atoms with E-state index in [-0.39, 0.29) is 5.91 Å². The molecule has 2 aromatic rings. The van der Waals surface area contributed by atoms with Crippen LogP contribution in [-0.4, -0.2) is 38.4 Å². The van der Waals surface area contributed by atoms with E-state index in [0.717, 1.165) is 54.0 Å². The highest BCUT2D eigenvalue weighted by molar-refractivity contribution is 7.13. The molecule has 4 rings (SSSR count). The summed E-state index contributed by atoms with van der Waals surface area (Å²) in [6.45, 7) is 6.60. The Morgan fingerprint density at radius 2 is 2.12 bits per heavy atom. The molecular weight excluding hydrogens is 332 g/mol. The van der Waals surface area contributed by atoms with Crippen LogP contribution in [0.4, 0.5) is 0 Å². The normalized spacial score (nSPS) is 21.4. The van der Waals surface area contributed by atoms with Gasteiger partial charge in [-0.15, -0.1) is 11.3 Å². The SMILES string of the molecule is Cc1nc(C)c(C(=O)N2CCC[C@H](c3nccn3CC3CCC3)C2)s1. The van der Waals surface area contributed by atoms with Gasteiger partial charge in [-0.05, 0) is 45.4 Å². The summed E-state index contributed by atoms with van der Waals surface area (Å²) in [7, 11) is 0. The van der Waals surface area contributed by atoms with Crippen LogP contribution >= 0.6 is 11.3 Å². The summed E-state index contributed by atoms with van der Waals surface area (Å²) >= 11 is 1.51. The molecule has 1 saturated carbocycles. The lowest BCUT2D eigenvalue weighted by molar-refractivity contribution is 0.0706. The Morgan fingerprint density at radius 1 is 1.28 bits per heavy atom. The molecule has 1 aliphatic carbocycles. The minimum Gasteiger partial charge on any atom is -0.337 e. The number of aromatic nitrogens is 3. The molecule has 134 valence electrons. The zero-order valence-electron chi connectivity index (χ0n) is 15.1. The number of nitrogens with zero attached hydrogens (tertiary/aromatic N) is 4. The second-order valence-corrected chi connectivity index (χ2v) is 8.68. The van der Waals surface area contributed by atoms with Gasteiger partial charge >= 0.3 is 0 Å². The maximum absolute atomic E-state index is 12.9. The maximum Gasteiger partial charge on any atom is 0.265 e. The van der Waals surface area contributed by atoms with Crippen LogP contribution in [0.3, 0.4) is 0 Å². The van der Waals surface area contributed by atoms with Crippen molar-refractivity contribution in [3.8, 4) is 0 Å². The minimum atomic E-state index is 0.143. The standard InChI is InChI=1S/C19H26N4OS/c1-13-17(25-14(2)21-13)19(24)23-9-4-7-16(12-23)18-20-8-10-22(18)11-15-5-3-6-15/h8,10,15-16H,3-7,9,11-12H2,1-2H3/t16-/m0/s1. The minimum absolute atomic E-state index is 0.143. The third kappa shape index (κ3) is 3.36. The van der Waals surface area contributed by atoms with Gasteiger partial charge in [-0.1, -0.05) is 6.42 Å². The molecule has 5 nitrogen and oxygen atoms in total. The number of imidazole rings is 1. The lowest BCUT2D eigenvalue weighted by Crippen LogP contribution is -2.39. The third-order valence-electron chi connectivity index (χ3n) is 5.60. The van der Waals surface area contributed by atoms with E-state index in [4.69, 9.17) is 0 Å². The van der Waals surface area contributed by atoms with Gasteiger partial charge in [-0.25, -0.2) is 9.97 Å². The molecule has 25 heavy (non-hydrogen) atoms. The summed E-state index contributed by atoms with van der Waals surface area (Å²) in [5.41, 5.74) is 0.862. The van der Waals surface area contributed by atoms with Crippen molar-refractivity contribution in [3.05, 3.63) is 33.8 Å². The number of carbonyl (C=O) groups excluding carboxylic acids is 1. The Labute approximate surface area is 153 Å². The van der Waals surface area contributed by atoms with E-state index in [2.05, 4.69) is 20.7 Å². The van der Waals surface area contributed by atoms with Gasteiger partial charge < -0.3 is 9.47 Å². The molecule has 0 bridgehead atoms. The fraction of sp³-hybridized carbons (Fsp3) is 0.632. The lowest BCUT2D eigenvalue weighted by Gasteiger charge is -2.33. The molecule has 0 radical (unpaired) electrons. The van der Waals surface area contributed by atoms with Crippen LogP contribution in [0, 0.1) is 19.8 Å². The predicted octanol–water partition coefficient (Wildman–Crippen LogP) is 3.78. The van der Waals surface area contributed by atoms with Gasteiger partial charge in [0.05, 0.1) is 10.7 Å². The maximum atomic E-state index is 12.9. The first-order chi connectivity index (χ1) is 12.1. The number of rotatable bonds is 4. The van der Waals surface area contributed by atoms with E-state index < -0.39 is 0 Å². The van der Waals surface area contributed by atoms with E-state index in [1.165, 1.54) is 36.4 Å². The molecule has 0 aromatic carbocycles. The molecular formula is C19H26N4OS. The molecule has 0 unspecified atom stereocenters. The van der Waals surface area contributed by atoms with Crippen LogP contribution in [0.1, 0.15) is 64.2 Å². The molecule has 2 aliphatic rings. The van der Waals surface area contributed by atoms with E-state index in [1.54, 1.807) is 0 Å². The average molecular weight is 359 g/mol. The van der Waals surface area contributed by atoms with E-state index >= 15 is 0 Å². The van der Waals surface area contributed by atoms with Crippen molar-refractivity contribution in [1.29, 1.82) is 0 Å². The van der Waals surface area contributed by atoms with Crippen molar-refractivity contribution in [3.63, 3.8) is 0 Å². The summed E-state index contributed by atoms with van der Waals surface area (Å²) in [5, 5.41) is 0.963. The largest absolute Gasteiger partial charge is 0.337 e. The highest BCUT2D eigenvalue weighted by Crippen LogP contribution is 2.32. The summed E-state index contributed by atoms with van der Waals surface area (Å²) in [4.78, 5) is 24.8. The Morgan fingerprint density at radius 3 is 2.80 bits per heavy atom. The van der Waals surface area contributed by atoms with Gasteiger partial charge in [-0.3, -0.25) is 4.79 Å². The van der Waals surface area contributed by atoms with Gasteiger partial charge in [0.25, 0.3) is 5.91 Å². The van der Waals surface area contributed by atoms with E-state index in [9.17, 15) is 4.79 Å². The molecule has 1 aliphatic heterocycles. The molecule has 1 saturated heterocycles. The van der Waals surface area contributed by atoms with Crippen molar-refractivity contribution < 1.29 is 4.79 Å². The smallest absolute Gasteiger partial charge is 0.265 e. The fourth-order valence-electron chi connectivity index (χ4n) is 4.03. The Bertz CT molecular complexity index is 761. The number of thiazole rings is 1. The van der Waals surface area contributed by atoms with E-state index in [1.807, 2.05) is 24.9 Å². The fourth-order valence-corrected chi connectivity index (χ4v) is 4.92. The van der Waals surface area contributed by atoms with Crippen LogP contribution in [0.5, 0.6) is 0 Å². The second-order valence-electron chi connectivity index (χ2n) is 7.47. The molecule has 6 heteroatoms.